The fourth-order valence-corrected chi connectivity index (χ4v) is 4.45. The molecule has 1 N–H and O–H groups in total. The number of nitrogens with one attached hydrogen (secondary N) is 1. The van der Waals surface area contributed by atoms with Gasteiger partial charge < -0.3 is 15.0 Å². The molecule has 0 bridgehead atoms. The highest BCUT2D eigenvalue weighted by molar-refractivity contribution is 14.1. The van der Waals surface area contributed by atoms with E-state index >= 15 is 0 Å². The molecule has 0 radical (unpaired) electrons. The smallest absolute Gasteiger partial charge is 0.244 e. The molecule has 0 saturated heterocycles. The van der Waals surface area contributed by atoms with E-state index in [1.165, 1.54) is 4.90 Å². The first kappa shape index (κ1) is 27.9. The van der Waals surface area contributed by atoms with E-state index in [9.17, 15) is 18.0 Å². The molecule has 2 aromatic carbocycles. The predicted octanol–water partition coefficient (Wildman–Crippen LogP) is 3.40. The lowest BCUT2D eigenvalue weighted by molar-refractivity contribution is -0.140. The summed E-state index contributed by atoms with van der Waals surface area (Å²) in [6, 6.07) is 13.2. The van der Waals surface area contributed by atoms with Crippen molar-refractivity contribution in [1.82, 2.24) is 10.2 Å². The Kier molecular flexibility index (Phi) is 9.35. The van der Waals surface area contributed by atoms with Crippen LogP contribution in [-0.2, 0) is 26.2 Å². The second kappa shape index (κ2) is 11.4. The van der Waals surface area contributed by atoms with Crippen molar-refractivity contribution < 1.29 is 22.7 Å². The van der Waals surface area contributed by atoms with Crippen molar-refractivity contribution in [3.63, 3.8) is 0 Å². The predicted molar refractivity (Wildman–Crippen MR) is 142 cm³/mol. The van der Waals surface area contributed by atoms with Crippen molar-refractivity contribution in [1.29, 1.82) is 0 Å². The van der Waals surface area contributed by atoms with Crippen molar-refractivity contribution in [3.8, 4) is 5.75 Å². The number of halogens is 1. The summed E-state index contributed by atoms with van der Waals surface area (Å²) in [6.07, 6.45) is 1.06. The van der Waals surface area contributed by atoms with Gasteiger partial charge in [-0.15, -0.1) is 0 Å². The van der Waals surface area contributed by atoms with Crippen molar-refractivity contribution >= 4 is 50.1 Å². The first-order valence-corrected chi connectivity index (χ1v) is 13.6. The van der Waals surface area contributed by atoms with E-state index in [2.05, 4.69) is 27.9 Å². The minimum Gasteiger partial charge on any atom is -0.497 e. The summed E-state index contributed by atoms with van der Waals surface area (Å²) in [4.78, 5) is 27.9. The summed E-state index contributed by atoms with van der Waals surface area (Å²) < 4.78 is 32.4. The maximum atomic E-state index is 13.5. The molecule has 1 atom stereocenters. The minimum absolute atomic E-state index is 0.110. The van der Waals surface area contributed by atoms with Gasteiger partial charge in [-0.3, -0.25) is 13.9 Å². The maximum absolute atomic E-state index is 13.5. The van der Waals surface area contributed by atoms with Crippen LogP contribution in [0.25, 0.3) is 0 Å². The SMILES string of the molecule is COc1cccc(CN(C(=O)CN(c2ccc(I)cc2)S(C)(=O)=O)C(C)C(=O)NC(C)(C)C)c1. The van der Waals surface area contributed by atoms with Crippen molar-refractivity contribution in [2.45, 2.75) is 45.8 Å². The molecular formula is C24H32IN3O5S. The Hall–Kier alpha value is -2.34. The first-order valence-electron chi connectivity index (χ1n) is 10.7. The fourth-order valence-electron chi connectivity index (χ4n) is 3.25. The highest BCUT2D eigenvalue weighted by Gasteiger charge is 2.31. The number of amides is 2. The molecule has 0 saturated carbocycles. The number of hydrogen-bond acceptors (Lipinski definition) is 5. The van der Waals surface area contributed by atoms with Crippen molar-refractivity contribution in [2.75, 3.05) is 24.2 Å². The van der Waals surface area contributed by atoms with Gasteiger partial charge in [0.25, 0.3) is 0 Å². The molecule has 0 spiro atoms. The maximum Gasteiger partial charge on any atom is 0.244 e. The van der Waals surface area contributed by atoms with Crippen LogP contribution in [0.4, 0.5) is 5.69 Å². The lowest BCUT2D eigenvalue weighted by atomic mass is 10.1. The molecule has 10 heteroatoms. The van der Waals surface area contributed by atoms with E-state index in [0.29, 0.717) is 11.4 Å². The number of carbonyl (C=O) groups excluding carboxylic acids is 2. The zero-order valence-corrected chi connectivity index (χ0v) is 23.3. The number of rotatable bonds is 9. The third-order valence-electron chi connectivity index (χ3n) is 4.95. The van der Waals surface area contributed by atoms with Gasteiger partial charge in [0, 0.05) is 15.7 Å². The van der Waals surface area contributed by atoms with Crippen molar-refractivity contribution in [3.05, 3.63) is 57.7 Å². The third kappa shape index (κ3) is 8.15. The van der Waals surface area contributed by atoms with Crippen LogP contribution in [0.3, 0.4) is 0 Å². The van der Waals surface area contributed by atoms with Gasteiger partial charge in [-0.25, -0.2) is 8.42 Å². The Morgan fingerprint density at radius 3 is 2.26 bits per heavy atom. The van der Waals surface area contributed by atoms with Gasteiger partial charge in [0.05, 0.1) is 19.1 Å². The molecule has 8 nitrogen and oxygen atoms in total. The van der Waals surface area contributed by atoms with Crippen LogP contribution in [0.2, 0.25) is 0 Å². The molecule has 0 aromatic heterocycles. The largest absolute Gasteiger partial charge is 0.497 e. The summed E-state index contributed by atoms with van der Waals surface area (Å²) in [5.74, 6) is -0.208. The highest BCUT2D eigenvalue weighted by Crippen LogP contribution is 2.21. The van der Waals surface area contributed by atoms with Gasteiger partial charge >= 0.3 is 0 Å². The number of nitrogens with zero attached hydrogens (tertiary/aromatic N) is 2. The average molecular weight is 602 g/mol. The molecule has 2 amide bonds. The molecule has 0 fully saturated rings. The normalized spacial score (nSPS) is 12.6. The molecular weight excluding hydrogens is 569 g/mol. The summed E-state index contributed by atoms with van der Waals surface area (Å²) >= 11 is 2.12. The van der Waals surface area contributed by atoms with Gasteiger partial charge in [-0.2, -0.15) is 0 Å². The van der Waals surface area contributed by atoms with Gasteiger partial charge in [-0.1, -0.05) is 12.1 Å². The topological polar surface area (TPSA) is 96.0 Å². The monoisotopic (exact) mass is 601 g/mol. The molecule has 0 aliphatic heterocycles. The Balaban J connectivity index is 2.41. The molecule has 2 rings (SSSR count). The molecule has 1 unspecified atom stereocenters. The summed E-state index contributed by atoms with van der Waals surface area (Å²) in [7, 11) is -2.21. The Labute approximate surface area is 215 Å². The average Bonchev–Trinajstić information content (AvgIpc) is 2.74. The number of carbonyl (C=O) groups is 2. The van der Waals surface area contributed by atoms with Crippen LogP contribution in [-0.4, -0.2) is 56.6 Å². The van der Waals surface area contributed by atoms with E-state index in [1.807, 2.05) is 26.8 Å². The van der Waals surface area contributed by atoms with Gasteiger partial charge in [0.15, 0.2) is 0 Å². The van der Waals surface area contributed by atoms with E-state index in [4.69, 9.17) is 4.74 Å². The van der Waals surface area contributed by atoms with Crippen LogP contribution >= 0.6 is 22.6 Å². The lowest BCUT2D eigenvalue weighted by Gasteiger charge is -2.33. The number of anilines is 1. The number of hydrogen-bond donors (Lipinski definition) is 1. The van der Waals surface area contributed by atoms with Crippen LogP contribution in [0.1, 0.15) is 33.3 Å². The summed E-state index contributed by atoms with van der Waals surface area (Å²) in [5.41, 5.74) is 0.642. The minimum atomic E-state index is -3.75. The lowest BCUT2D eigenvalue weighted by Crippen LogP contribution is -2.54. The Morgan fingerprint density at radius 1 is 1.12 bits per heavy atom. The number of methoxy groups -OCH3 is 1. The second-order valence-corrected chi connectivity index (χ2v) is 12.2. The van der Waals surface area contributed by atoms with Crippen LogP contribution in [0, 0.1) is 3.57 Å². The van der Waals surface area contributed by atoms with E-state index < -0.39 is 34.1 Å². The zero-order valence-electron chi connectivity index (χ0n) is 20.3. The molecule has 0 aliphatic rings. The first-order chi connectivity index (χ1) is 15.7. The molecule has 0 aliphatic carbocycles. The molecule has 186 valence electrons. The Morgan fingerprint density at radius 2 is 1.74 bits per heavy atom. The quantitative estimate of drug-likeness (QED) is 0.445. The van der Waals surface area contributed by atoms with Gasteiger partial charge in [-0.05, 0) is 92.2 Å². The molecule has 34 heavy (non-hydrogen) atoms. The second-order valence-electron chi connectivity index (χ2n) is 9.03. The van der Waals surface area contributed by atoms with E-state index in [1.54, 1.807) is 56.5 Å². The van der Waals surface area contributed by atoms with Crippen LogP contribution in [0.5, 0.6) is 5.75 Å². The standard InChI is InChI=1S/C24H32IN3O5S/c1-17(23(30)26-24(2,3)4)27(15-18-8-7-9-21(14-18)33-5)22(29)16-28(34(6,31)32)20-12-10-19(25)11-13-20/h7-14,17H,15-16H2,1-6H3,(H,26,30). The van der Waals surface area contributed by atoms with Crippen molar-refractivity contribution in [2.24, 2.45) is 0 Å². The number of benzene rings is 2. The fraction of sp³-hybridized carbons (Fsp3) is 0.417. The molecule has 0 heterocycles. The highest BCUT2D eigenvalue weighted by atomic mass is 127. The summed E-state index contributed by atoms with van der Waals surface area (Å²) in [6.45, 7) is 6.88. The Bertz CT molecular complexity index is 1110. The zero-order chi connectivity index (χ0) is 25.7. The molecule has 2 aromatic rings. The number of sulfonamides is 1. The number of ether oxygens (including phenoxy) is 1. The van der Waals surface area contributed by atoms with E-state index in [0.717, 1.165) is 19.7 Å². The van der Waals surface area contributed by atoms with Gasteiger partial charge in [0.2, 0.25) is 21.8 Å². The van der Waals surface area contributed by atoms with Crippen LogP contribution in [0.15, 0.2) is 48.5 Å². The van der Waals surface area contributed by atoms with Crippen LogP contribution < -0.4 is 14.4 Å². The van der Waals surface area contributed by atoms with Gasteiger partial charge in [0.1, 0.15) is 18.3 Å². The third-order valence-corrected chi connectivity index (χ3v) is 6.81. The summed E-state index contributed by atoms with van der Waals surface area (Å²) in [5, 5.41) is 2.89. The van der Waals surface area contributed by atoms with E-state index in [-0.39, 0.29) is 12.5 Å².